The minimum Gasteiger partial charge on any atom is -0.366 e. The van der Waals surface area contributed by atoms with Crippen LogP contribution in [0.2, 0.25) is 0 Å². The minimum atomic E-state index is -0.547. The number of nitrogens with two attached hydrogens (primary N) is 1. The van der Waals surface area contributed by atoms with E-state index in [-0.39, 0.29) is 5.56 Å². The molecule has 1 heterocycles. The summed E-state index contributed by atoms with van der Waals surface area (Å²) >= 11 is 3.36. The summed E-state index contributed by atoms with van der Waals surface area (Å²) < 4.78 is 2.30. The van der Waals surface area contributed by atoms with Crippen molar-refractivity contribution < 1.29 is 4.79 Å². The number of fused-ring (bicyclic) bond motifs is 1. The molecule has 0 unspecified atom stereocenters. The van der Waals surface area contributed by atoms with Crippen LogP contribution in [0.25, 0.3) is 16.5 Å². The van der Waals surface area contributed by atoms with Crippen molar-refractivity contribution in [2.75, 3.05) is 0 Å². The molecule has 0 saturated heterocycles. The Bertz CT molecular complexity index is 946. The molecule has 3 aromatic rings. The third-order valence-electron chi connectivity index (χ3n) is 3.64. The Morgan fingerprint density at radius 3 is 2.41 bits per heavy atom. The highest BCUT2D eigenvalue weighted by Crippen LogP contribution is 2.24. The summed E-state index contributed by atoms with van der Waals surface area (Å²) in [6, 6.07) is 14.4. The fourth-order valence-electron chi connectivity index (χ4n) is 2.69. The number of amides is 1. The molecule has 1 amide bonds. The number of hydrogen-bond acceptors (Lipinski definition) is 2. The van der Waals surface area contributed by atoms with Gasteiger partial charge in [0.2, 0.25) is 0 Å². The van der Waals surface area contributed by atoms with E-state index >= 15 is 0 Å². The van der Waals surface area contributed by atoms with E-state index in [1.54, 1.807) is 25.1 Å². The summed E-state index contributed by atoms with van der Waals surface area (Å²) in [5, 5.41) is 1.03. The van der Waals surface area contributed by atoms with E-state index in [4.69, 9.17) is 5.73 Å². The van der Waals surface area contributed by atoms with E-state index in [0.717, 1.165) is 4.47 Å². The number of para-hydroxylation sites is 1. The second-order valence-electron chi connectivity index (χ2n) is 4.99. The van der Waals surface area contributed by atoms with Crippen molar-refractivity contribution in [1.82, 2.24) is 4.57 Å². The summed E-state index contributed by atoms with van der Waals surface area (Å²) in [7, 11) is 0. The van der Waals surface area contributed by atoms with Gasteiger partial charge in [-0.15, -0.1) is 0 Å². The quantitative estimate of drug-likeness (QED) is 0.766. The molecule has 2 aromatic carbocycles. The van der Waals surface area contributed by atoms with Crippen LogP contribution in [0.4, 0.5) is 0 Å². The van der Waals surface area contributed by atoms with E-state index in [1.807, 2.05) is 30.3 Å². The molecule has 110 valence electrons. The van der Waals surface area contributed by atoms with Crippen molar-refractivity contribution in [3.8, 4) is 5.69 Å². The number of carbonyl (C=O) groups is 1. The lowest BCUT2D eigenvalue weighted by atomic mass is 10.0. The van der Waals surface area contributed by atoms with E-state index in [0.29, 0.717) is 27.7 Å². The zero-order chi connectivity index (χ0) is 15.9. The number of halogens is 1. The van der Waals surface area contributed by atoms with Gasteiger partial charge in [0, 0.05) is 26.6 Å². The maximum Gasteiger partial charge on any atom is 0.263 e. The largest absolute Gasteiger partial charge is 0.366 e. The van der Waals surface area contributed by atoms with Crippen LogP contribution < -0.4 is 11.3 Å². The van der Waals surface area contributed by atoms with Gasteiger partial charge in [-0.2, -0.15) is 0 Å². The average Bonchev–Trinajstić information content (AvgIpc) is 2.49. The molecule has 22 heavy (non-hydrogen) atoms. The number of carbonyl (C=O) groups excluding carboxylic acids is 1. The van der Waals surface area contributed by atoms with Crippen molar-refractivity contribution in [3.05, 3.63) is 74.6 Å². The van der Waals surface area contributed by atoms with Gasteiger partial charge in [-0.3, -0.25) is 14.2 Å². The molecule has 0 saturated carbocycles. The van der Waals surface area contributed by atoms with E-state index in [2.05, 4.69) is 15.9 Å². The summed E-state index contributed by atoms with van der Waals surface area (Å²) in [5.41, 5.74) is 6.98. The van der Waals surface area contributed by atoms with Crippen molar-refractivity contribution >= 4 is 32.6 Å². The minimum absolute atomic E-state index is 0.176. The molecule has 4 nitrogen and oxygen atoms in total. The van der Waals surface area contributed by atoms with Crippen LogP contribution in [0.3, 0.4) is 0 Å². The second kappa shape index (κ2) is 5.42. The van der Waals surface area contributed by atoms with Crippen molar-refractivity contribution in [2.24, 2.45) is 5.73 Å². The molecule has 0 aliphatic rings. The average molecular weight is 357 g/mol. The maximum atomic E-state index is 12.9. The zero-order valence-corrected chi connectivity index (χ0v) is 13.4. The monoisotopic (exact) mass is 356 g/mol. The van der Waals surface area contributed by atoms with E-state index in [9.17, 15) is 9.59 Å². The van der Waals surface area contributed by atoms with Crippen LogP contribution in [-0.2, 0) is 0 Å². The van der Waals surface area contributed by atoms with E-state index < -0.39 is 5.91 Å². The first-order valence-corrected chi connectivity index (χ1v) is 7.50. The Labute approximate surface area is 135 Å². The first-order chi connectivity index (χ1) is 10.5. The highest BCUT2D eigenvalue weighted by Gasteiger charge is 2.18. The summed E-state index contributed by atoms with van der Waals surface area (Å²) in [6.07, 6.45) is 0. The number of benzene rings is 2. The molecule has 5 heteroatoms. The van der Waals surface area contributed by atoms with Gasteiger partial charge in [0.15, 0.2) is 0 Å². The molecule has 0 radical (unpaired) electrons. The normalized spacial score (nSPS) is 10.8. The predicted molar refractivity (Wildman–Crippen MR) is 90.5 cm³/mol. The number of primary amides is 1. The predicted octanol–water partition coefficient (Wildman–Crippen LogP) is 3.16. The van der Waals surface area contributed by atoms with Crippen LogP contribution in [0, 0.1) is 6.92 Å². The summed E-state index contributed by atoms with van der Waals surface area (Å²) in [4.78, 5) is 24.8. The Balaban J connectivity index is 2.54. The number of hydrogen-bond donors (Lipinski definition) is 1. The molecular formula is C17H13BrN2O2. The molecule has 0 aliphatic heterocycles. The molecule has 0 spiro atoms. The van der Waals surface area contributed by atoms with Gasteiger partial charge in [-0.25, -0.2) is 0 Å². The Kier molecular flexibility index (Phi) is 3.58. The third-order valence-corrected chi connectivity index (χ3v) is 4.14. The van der Waals surface area contributed by atoms with Gasteiger partial charge in [-0.1, -0.05) is 40.2 Å². The smallest absolute Gasteiger partial charge is 0.263 e. The lowest BCUT2D eigenvalue weighted by Gasteiger charge is -2.15. The number of rotatable bonds is 2. The first kappa shape index (κ1) is 14.5. The Morgan fingerprint density at radius 2 is 1.77 bits per heavy atom. The SMILES string of the molecule is Cc1c(C(N)=O)c2ccc(Br)cc2c(=O)n1-c1ccccc1. The fourth-order valence-corrected chi connectivity index (χ4v) is 3.05. The second-order valence-corrected chi connectivity index (χ2v) is 5.91. The van der Waals surface area contributed by atoms with Crippen LogP contribution in [0.5, 0.6) is 0 Å². The van der Waals surface area contributed by atoms with Gasteiger partial charge < -0.3 is 5.73 Å². The van der Waals surface area contributed by atoms with Gasteiger partial charge in [0.1, 0.15) is 0 Å². The lowest BCUT2D eigenvalue weighted by Crippen LogP contribution is -2.26. The van der Waals surface area contributed by atoms with Crippen LogP contribution in [-0.4, -0.2) is 10.5 Å². The van der Waals surface area contributed by atoms with Gasteiger partial charge >= 0.3 is 0 Å². The van der Waals surface area contributed by atoms with Crippen molar-refractivity contribution in [1.29, 1.82) is 0 Å². The Hall–Kier alpha value is -2.40. The highest BCUT2D eigenvalue weighted by atomic mass is 79.9. The summed E-state index contributed by atoms with van der Waals surface area (Å²) in [6.45, 7) is 1.73. The molecule has 0 aliphatic carbocycles. The molecule has 2 N–H and O–H groups in total. The number of aromatic nitrogens is 1. The first-order valence-electron chi connectivity index (χ1n) is 6.71. The van der Waals surface area contributed by atoms with Gasteiger partial charge in [0.05, 0.1) is 5.56 Å². The van der Waals surface area contributed by atoms with Crippen molar-refractivity contribution in [2.45, 2.75) is 6.92 Å². The maximum absolute atomic E-state index is 12.9. The molecule has 1 aromatic heterocycles. The van der Waals surface area contributed by atoms with Crippen molar-refractivity contribution in [3.63, 3.8) is 0 Å². The van der Waals surface area contributed by atoms with Crippen LogP contribution >= 0.6 is 15.9 Å². The highest BCUT2D eigenvalue weighted by molar-refractivity contribution is 9.10. The topological polar surface area (TPSA) is 65.1 Å². The molecule has 0 fully saturated rings. The van der Waals surface area contributed by atoms with Gasteiger partial charge in [-0.05, 0) is 31.2 Å². The van der Waals surface area contributed by atoms with Crippen LogP contribution in [0.1, 0.15) is 16.1 Å². The number of nitrogens with zero attached hydrogens (tertiary/aromatic N) is 1. The standard InChI is InChI=1S/C17H13BrN2O2/c1-10-15(16(19)21)13-8-7-11(18)9-14(13)17(22)20(10)12-5-3-2-4-6-12/h2-9H,1H3,(H2,19,21). The van der Waals surface area contributed by atoms with E-state index in [1.165, 1.54) is 4.57 Å². The Morgan fingerprint density at radius 1 is 1.09 bits per heavy atom. The third kappa shape index (κ3) is 2.23. The van der Waals surface area contributed by atoms with Crippen LogP contribution in [0.15, 0.2) is 57.8 Å². The summed E-state index contributed by atoms with van der Waals surface area (Å²) in [5.74, 6) is -0.547. The number of pyridine rings is 1. The molecule has 0 bridgehead atoms. The van der Waals surface area contributed by atoms with Gasteiger partial charge in [0.25, 0.3) is 11.5 Å². The zero-order valence-electron chi connectivity index (χ0n) is 11.8. The molecular weight excluding hydrogens is 344 g/mol. The fraction of sp³-hybridized carbons (Fsp3) is 0.0588. The molecule has 0 atom stereocenters. The molecule has 3 rings (SSSR count). The lowest BCUT2D eigenvalue weighted by molar-refractivity contribution is 0.100.